The largest absolute Gasteiger partial charge is 0.461 e. The molecule has 1 unspecified atom stereocenters. The van der Waals surface area contributed by atoms with Gasteiger partial charge in [-0.3, -0.25) is 4.79 Å². The van der Waals surface area contributed by atoms with Gasteiger partial charge < -0.3 is 10.5 Å². The molecule has 2 N–H and O–H groups in total. The van der Waals surface area contributed by atoms with Crippen LogP contribution in [0, 0.1) is 23.1 Å². The molecule has 0 radical (unpaired) electrons. The van der Waals surface area contributed by atoms with E-state index in [2.05, 4.69) is 6.07 Å². The number of nitrogens with two attached hydrogens (primary N) is 1. The number of esters is 1. The van der Waals surface area contributed by atoms with Gasteiger partial charge in [-0.2, -0.15) is 5.26 Å². The first-order chi connectivity index (χ1) is 11.5. The lowest BCUT2D eigenvalue weighted by atomic mass is 10.0. The minimum atomic E-state index is -0.643. The van der Waals surface area contributed by atoms with Crippen molar-refractivity contribution in [1.82, 2.24) is 0 Å². The Hall–Kier alpha value is -3.20. The summed E-state index contributed by atoms with van der Waals surface area (Å²) >= 11 is 0. The van der Waals surface area contributed by atoms with Crippen molar-refractivity contribution in [3.05, 3.63) is 71.0 Å². The SMILES string of the molecule is N#CC(COC(=O)c1cccc(C(N)=O)c1)Cc1ccc(F)cc1. The predicted octanol–water partition coefficient (Wildman–Crippen LogP) is 2.46. The first kappa shape index (κ1) is 17.2. The number of ether oxygens (including phenoxy) is 1. The van der Waals surface area contributed by atoms with Crippen LogP contribution < -0.4 is 5.73 Å². The number of hydrogen-bond acceptors (Lipinski definition) is 4. The Morgan fingerprint density at radius 3 is 2.46 bits per heavy atom. The molecule has 0 saturated carbocycles. The fraction of sp³-hybridized carbons (Fsp3) is 0.167. The van der Waals surface area contributed by atoms with Gasteiger partial charge in [-0.25, -0.2) is 9.18 Å². The van der Waals surface area contributed by atoms with Gasteiger partial charge in [-0.05, 0) is 42.3 Å². The summed E-state index contributed by atoms with van der Waals surface area (Å²) in [6.07, 6.45) is 0.339. The molecule has 2 aromatic rings. The molecular formula is C18H15FN2O3. The second kappa shape index (κ2) is 7.88. The van der Waals surface area contributed by atoms with Crippen molar-refractivity contribution in [2.24, 2.45) is 11.7 Å². The molecule has 0 aliphatic rings. The van der Waals surface area contributed by atoms with Crippen LogP contribution in [0.3, 0.4) is 0 Å². The van der Waals surface area contributed by atoms with Crippen molar-refractivity contribution in [2.45, 2.75) is 6.42 Å². The zero-order valence-electron chi connectivity index (χ0n) is 12.7. The van der Waals surface area contributed by atoms with Gasteiger partial charge in [0.2, 0.25) is 5.91 Å². The van der Waals surface area contributed by atoms with Crippen molar-refractivity contribution in [3.8, 4) is 6.07 Å². The molecule has 122 valence electrons. The molecule has 6 heteroatoms. The van der Waals surface area contributed by atoms with Gasteiger partial charge in [0.05, 0.1) is 17.6 Å². The zero-order chi connectivity index (χ0) is 17.5. The van der Waals surface area contributed by atoms with E-state index in [1.54, 1.807) is 12.1 Å². The Kier molecular flexibility index (Phi) is 5.63. The van der Waals surface area contributed by atoms with Gasteiger partial charge in [0.25, 0.3) is 0 Å². The van der Waals surface area contributed by atoms with E-state index in [-0.39, 0.29) is 23.6 Å². The average molecular weight is 326 g/mol. The number of benzene rings is 2. The number of carbonyl (C=O) groups is 2. The molecule has 0 bridgehead atoms. The van der Waals surface area contributed by atoms with Crippen molar-refractivity contribution >= 4 is 11.9 Å². The Labute approximate surface area is 138 Å². The van der Waals surface area contributed by atoms with Crippen molar-refractivity contribution in [1.29, 1.82) is 5.26 Å². The fourth-order valence-corrected chi connectivity index (χ4v) is 2.11. The van der Waals surface area contributed by atoms with Crippen molar-refractivity contribution in [3.63, 3.8) is 0 Å². The van der Waals surface area contributed by atoms with Gasteiger partial charge in [-0.1, -0.05) is 18.2 Å². The highest BCUT2D eigenvalue weighted by atomic mass is 19.1. The Balaban J connectivity index is 1.96. The Morgan fingerprint density at radius 1 is 1.17 bits per heavy atom. The summed E-state index contributed by atoms with van der Waals surface area (Å²) < 4.78 is 18.0. The summed E-state index contributed by atoms with van der Waals surface area (Å²) in [5.41, 5.74) is 6.32. The molecule has 0 saturated heterocycles. The maximum atomic E-state index is 12.9. The average Bonchev–Trinajstić information content (AvgIpc) is 2.60. The van der Waals surface area contributed by atoms with Crippen molar-refractivity contribution in [2.75, 3.05) is 6.61 Å². The van der Waals surface area contributed by atoms with Crippen LogP contribution in [0.1, 0.15) is 26.3 Å². The van der Waals surface area contributed by atoms with E-state index < -0.39 is 17.8 Å². The topological polar surface area (TPSA) is 93.2 Å². The molecule has 24 heavy (non-hydrogen) atoms. The molecule has 0 spiro atoms. The third kappa shape index (κ3) is 4.65. The monoisotopic (exact) mass is 326 g/mol. The second-order valence-electron chi connectivity index (χ2n) is 5.20. The number of primary amides is 1. The van der Waals surface area contributed by atoms with Crippen LogP contribution in [0.4, 0.5) is 4.39 Å². The van der Waals surface area contributed by atoms with Gasteiger partial charge >= 0.3 is 5.97 Å². The summed E-state index contributed by atoms with van der Waals surface area (Å²) in [5.74, 6) is -2.19. The lowest BCUT2D eigenvalue weighted by Gasteiger charge is -2.10. The van der Waals surface area contributed by atoms with E-state index in [4.69, 9.17) is 15.7 Å². The molecule has 2 rings (SSSR count). The molecule has 0 aromatic heterocycles. The van der Waals surface area contributed by atoms with E-state index >= 15 is 0 Å². The molecule has 0 aliphatic carbocycles. The van der Waals surface area contributed by atoms with Gasteiger partial charge in [0.1, 0.15) is 12.4 Å². The number of hydrogen-bond donors (Lipinski definition) is 1. The summed E-state index contributed by atoms with van der Waals surface area (Å²) in [5, 5.41) is 9.17. The number of carbonyl (C=O) groups excluding carboxylic acids is 2. The first-order valence-electron chi connectivity index (χ1n) is 7.20. The second-order valence-corrected chi connectivity index (χ2v) is 5.20. The minimum Gasteiger partial charge on any atom is -0.461 e. The predicted molar refractivity (Wildman–Crippen MR) is 84.4 cm³/mol. The molecule has 2 aromatic carbocycles. The van der Waals surface area contributed by atoms with Crippen LogP contribution in [0.5, 0.6) is 0 Å². The number of rotatable bonds is 6. The molecule has 0 fully saturated rings. The van der Waals surface area contributed by atoms with Gasteiger partial charge in [0.15, 0.2) is 0 Å². The Bertz CT molecular complexity index is 782. The quantitative estimate of drug-likeness (QED) is 0.825. The standard InChI is InChI=1S/C18H15FN2O3/c19-16-6-4-12(5-7-16)8-13(10-20)11-24-18(23)15-3-1-2-14(9-15)17(21)22/h1-7,9,13H,8,11H2,(H2,21,22). The first-order valence-corrected chi connectivity index (χ1v) is 7.20. The summed E-state index contributed by atoms with van der Waals surface area (Å²) in [4.78, 5) is 23.1. The Morgan fingerprint density at radius 2 is 1.83 bits per heavy atom. The van der Waals surface area contributed by atoms with E-state index in [1.165, 1.54) is 36.4 Å². The van der Waals surface area contributed by atoms with E-state index in [0.29, 0.717) is 6.42 Å². The lowest BCUT2D eigenvalue weighted by molar-refractivity contribution is 0.0468. The number of halogens is 1. The van der Waals surface area contributed by atoms with Crippen molar-refractivity contribution < 1.29 is 18.7 Å². The third-order valence-electron chi connectivity index (χ3n) is 3.38. The third-order valence-corrected chi connectivity index (χ3v) is 3.38. The summed E-state index contributed by atoms with van der Waals surface area (Å²) in [7, 11) is 0. The van der Waals surface area contributed by atoms with Crippen LogP contribution in [0.15, 0.2) is 48.5 Å². The smallest absolute Gasteiger partial charge is 0.338 e. The zero-order valence-corrected chi connectivity index (χ0v) is 12.7. The molecular weight excluding hydrogens is 311 g/mol. The molecule has 1 amide bonds. The van der Waals surface area contributed by atoms with Gasteiger partial charge in [-0.15, -0.1) is 0 Å². The van der Waals surface area contributed by atoms with Gasteiger partial charge in [0, 0.05) is 5.56 Å². The highest BCUT2D eigenvalue weighted by Crippen LogP contribution is 2.12. The molecule has 5 nitrogen and oxygen atoms in total. The summed E-state index contributed by atoms with van der Waals surface area (Å²) in [6.45, 7) is -0.104. The number of nitrogens with zero attached hydrogens (tertiary/aromatic N) is 1. The van der Waals surface area contributed by atoms with Crippen LogP contribution in [-0.4, -0.2) is 18.5 Å². The number of nitriles is 1. The molecule has 0 heterocycles. The van der Waals surface area contributed by atoms with E-state index in [9.17, 15) is 14.0 Å². The van der Waals surface area contributed by atoms with Crippen LogP contribution >= 0.6 is 0 Å². The van der Waals surface area contributed by atoms with E-state index in [1.807, 2.05) is 0 Å². The maximum absolute atomic E-state index is 12.9. The minimum absolute atomic E-state index is 0.104. The fourth-order valence-electron chi connectivity index (χ4n) is 2.11. The highest BCUT2D eigenvalue weighted by molar-refractivity contribution is 5.97. The number of amides is 1. The summed E-state index contributed by atoms with van der Waals surface area (Å²) in [6, 6.07) is 13.7. The van der Waals surface area contributed by atoms with E-state index in [0.717, 1.165) is 5.56 Å². The van der Waals surface area contributed by atoms with Crippen LogP contribution in [0.2, 0.25) is 0 Å². The normalized spacial score (nSPS) is 11.3. The molecule has 0 aliphatic heterocycles. The van der Waals surface area contributed by atoms with Crippen LogP contribution in [-0.2, 0) is 11.2 Å². The highest BCUT2D eigenvalue weighted by Gasteiger charge is 2.15. The maximum Gasteiger partial charge on any atom is 0.338 e. The lowest BCUT2D eigenvalue weighted by Crippen LogP contribution is -2.16. The van der Waals surface area contributed by atoms with Crippen LogP contribution in [0.25, 0.3) is 0 Å². The molecule has 1 atom stereocenters.